The van der Waals surface area contributed by atoms with Gasteiger partial charge in [-0.1, -0.05) is 13.8 Å². The first kappa shape index (κ1) is 21.0. The lowest BCUT2D eigenvalue weighted by Crippen LogP contribution is -2.29. The van der Waals surface area contributed by atoms with Crippen LogP contribution in [0.4, 0.5) is 11.5 Å². The molecule has 1 aromatic heterocycles. The second-order valence-electron chi connectivity index (χ2n) is 7.99. The quantitative estimate of drug-likeness (QED) is 0.615. The van der Waals surface area contributed by atoms with Crippen molar-refractivity contribution in [2.45, 2.75) is 52.0 Å². The first-order valence-electron chi connectivity index (χ1n) is 10.7. The summed E-state index contributed by atoms with van der Waals surface area (Å²) in [4.78, 5) is 12.0. The number of carbonyl (C=O) groups is 1. The number of nitrogens with two attached hydrogens (primary N) is 1. The molecule has 0 bridgehead atoms. The summed E-state index contributed by atoms with van der Waals surface area (Å²) in [6.07, 6.45) is 5.73. The average molecular weight is 419 g/mol. The van der Waals surface area contributed by atoms with Crippen LogP contribution < -0.4 is 15.7 Å². The lowest BCUT2D eigenvalue weighted by atomic mass is 9.70. The standard InChI is InChI=1S/C22H26BN5O3/c1-3-15-16-10-14(8-9-20(16)31-23(30)18(15)4-2)26-22-17(21(25)29)12-28(27-22)19-7-5-6-13(19)11-24/h8-10,12-13,19,30H,3-7H2,1-2H3,(H2,25,29)(H,26,27)/t13-,19?/m1/s1. The number of fused-ring (bicyclic) bond motifs is 1. The molecule has 1 aliphatic carbocycles. The molecule has 9 heteroatoms. The van der Waals surface area contributed by atoms with Gasteiger partial charge >= 0.3 is 7.12 Å². The largest absolute Gasteiger partial charge is 0.556 e. The number of amides is 1. The zero-order chi connectivity index (χ0) is 22.1. The summed E-state index contributed by atoms with van der Waals surface area (Å²) in [6, 6.07) is 7.83. The van der Waals surface area contributed by atoms with E-state index in [1.54, 1.807) is 16.9 Å². The Morgan fingerprint density at radius 2 is 2.23 bits per heavy atom. The van der Waals surface area contributed by atoms with E-state index in [0.717, 1.165) is 48.0 Å². The fourth-order valence-electron chi connectivity index (χ4n) is 4.64. The van der Waals surface area contributed by atoms with Gasteiger partial charge in [0, 0.05) is 17.4 Å². The molecule has 1 saturated carbocycles. The number of hydrogen-bond donors (Lipinski definition) is 3. The molecule has 0 saturated heterocycles. The molecular weight excluding hydrogens is 393 g/mol. The van der Waals surface area contributed by atoms with E-state index in [0.29, 0.717) is 18.0 Å². The Labute approximate surface area is 181 Å². The maximum absolute atomic E-state index is 12.0. The van der Waals surface area contributed by atoms with E-state index in [4.69, 9.17) is 10.4 Å². The molecule has 2 heterocycles. The van der Waals surface area contributed by atoms with E-state index >= 15 is 0 Å². The molecule has 1 aliphatic heterocycles. The predicted molar refractivity (Wildman–Crippen MR) is 119 cm³/mol. The highest BCUT2D eigenvalue weighted by Gasteiger charge is 2.32. The topological polar surface area (TPSA) is 126 Å². The van der Waals surface area contributed by atoms with E-state index in [-0.39, 0.29) is 17.5 Å². The van der Waals surface area contributed by atoms with Gasteiger partial charge in [-0.3, -0.25) is 9.48 Å². The van der Waals surface area contributed by atoms with Crippen LogP contribution in [0.25, 0.3) is 5.57 Å². The number of hydrogen-bond acceptors (Lipinski definition) is 6. The van der Waals surface area contributed by atoms with Gasteiger partial charge in [-0.05, 0) is 61.3 Å². The average Bonchev–Trinajstić information content (AvgIpc) is 3.39. The second kappa shape index (κ2) is 8.48. The van der Waals surface area contributed by atoms with Crippen molar-refractivity contribution in [2.75, 3.05) is 5.32 Å². The summed E-state index contributed by atoms with van der Waals surface area (Å²) < 4.78 is 7.38. The molecule has 2 aliphatic rings. The molecule has 8 nitrogen and oxygen atoms in total. The SMILES string of the molecule is CCC1=C(CC)c2cc(Nc3nn(C4CCC[C@@H]4C#N)cc3C(N)=O)ccc2OB1O. The van der Waals surface area contributed by atoms with Crippen LogP contribution in [0, 0.1) is 17.2 Å². The van der Waals surface area contributed by atoms with Gasteiger partial charge in [0.25, 0.3) is 5.91 Å². The highest BCUT2D eigenvalue weighted by molar-refractivity contribution is 6.55. The minimum Gasteiger partial charge on any atom is -0.532 e. The first-order chi connectivity index (χ1) is 15.0. The third-order valence-electron chi connectivity index (χ3n) is 6.21. The minimum atomic E-state index is -0.928. The third-order valence-corrected chi connectivity index (χ3v) is 6.21. The number of benzene rings is 1. The summed E-state index contributed by atoms with van der Waals surface area (Å²) in [6.45, 7) is 4.04. The first-order valence-corrected chi connectivity index (χ1v) is 10.7. The number of nitrogens with zero attached hydrogens (tertiary/aromatic N) is 3. The highest BCUT2D eigenvalue weighted by atomic mass is 16.5. The van der Waals surface area contributed by atoms with Gasteiger partial charge in [0.1, 0.15) is 11.3 Å². The summed E-state index contributed by atoms with van der Waals surface area (Å²) in [5, 5.41) is 27.5. The van der Waals surface area contributed by atoms with Crippen LogP contribution in [0.2, 0.25) is 0 Å². The number of anilines is 2. The van der Waals surface area contributed by atoms with Crippen LogP contribution >= 0.6 is 0 Å². The van der Waals surface area contributed by atoms with Gasteiger partial charge in [0.05, 0.1) is 18.0 Å². The molecule has 160 valence electrons. The number of nitrogens with one attached hydrogen (secondary N) is 1. The summed E-state index contributed by atoms with van der Waals surface area (Å²) in [7, 11) is -0.928. The van der Waals surface area contributed by atoms with E-state index in [2.05, 4.69) is 16.5 Å². The van der Waals surface area contributed by atoms with Crippen molar-refractivity contribution < 1.29 is 14.5 Å². The number of carbonyl (C=O) groups excluding carboxylic acids is 1. The van der Waals surface area contributed by atoms with E-state index < -0.39 is 13.0 Å². The fraction of sp³-hybridized carbons (Fsp3) is 0.409. The van der Waals surface area contributed by atoms with Gasteiger partial charge in [-0.25, -0.2) is 0 Å². The Bertz CT molecular complexity index is 1090. The second-order valence-corrected chi connectivity index (χ2v) is 7.99. The molecule has 1 fully saturated rings. The number of allylic oxidation sites excluding steroid dienone is 2. The Morgan fingerprint density at radius 1 is 1.42 bits per heavy atom. The monoisotopic (exact) mass is 419 g/mol. The lowest BCUT2D eigenvalue weighted by Gasteiger charge is -2.25. The molecule has 1 amide bonds. The van der Waals surface area contributed by atoms with Crippen LogP contribution in [0.5, 0.6) is 5.75 Å². The summed E-state index contributed by atoms with van der Waals surface area (Å²) in [5.74, 6) is 0.290. The maximum atomic E-state index is 12.0. The molecular formula is C22H26BN5O3. The van der Waals surface area contributed by atoms with Gasteiger partial charge < -0.3 is 20.7 Å². The Kier molecular flexibility index (Phi) is 5.74. The Hall–Kier alpha value is -3.25. The molecule has 0 spiro atoms. The van der Waals surface area contributed by atoms with E-state index in [1.807, 2.05) is 26.0 Å². The van der Waals surface area contributed by atoms with Crippen LogP contribution in [0.1, 0.15) is 67.9 Å². The summed E-state index contributed by atoms with van der Waals surface area (Å²) in [5.41, 5.74) is 9.46. The normalized spacial score (nSPS) is 20.3. The van der Waals surface area contributed by atoms with E-state index in [1.165, 1.54) is 0 Å². The fourth-order valence-corrected chi connectivity index (χ4v) is 4.64. The molecule has 2 atom stereocenters. The number of primary amides is 1. The molecule has 4 rings (SSSR count). The molecule has 1 unspecified atom stereocenters. The highest BCUT2D eigenvalue weighted by Crippen LogP contribution is 2.40. The minimum absolute atomic E-state index is 0.0567. The van der Waals surface area contributed by atoms with Gasteiger partial charge in [0.2, 0.25) is 0 Å². The molecule has 0 radical (unpaired) electrons. The van der Waals surface area contributed by atoms with Gasteiger partial charge in [0.15, 0.2) is 5.82 Å². The van der Waals surface area contributed by atoms with Crippen molar-refractivity contribution in [1.82, 2.24) is 9.78 Å². The summed E-state index contributed by atoms with van der Waals surface area (Å²) >= 11 is 0. The van der Waals surface area contributed by atoms with Crippen molar-refractivity contribution in [1.29, 1.82) is 5.26 Å². The Balaban J connectivity index is 1.69. The number of rotatable bonds is 6. The van der Waals surface area contributed by atoms with Crippen LogP contribution in [0.15, 0.2) is 29.9 Å². The van der Waals surface area contributed by atoms with E-state index in [9.17, 15) is 15.1 Å². The molecule has 31 heavy (non-hydrogen) atoms. The number of nitriles is 1. The van der Waals surface area contributed by atoms with Gasteiger partial charge in [-0.2, -0.15) is 10.4 Å². The molecule has 1 aromatic carbocycles. The van der Waals surface area contributed by atoms with Crippen molar-refractivity contribution in [3.63, 3.8) is 0 Å². The van der Waals surface area contributed by atoms with Crippen LogP contribution in [0.3, 0.4) is 0 Å². The van der Waals surface area contributed by atoms with Gasteiger partial charge in [-0.15, -0.1) is 0 Å². The smallest absolute Gasteiger partial charge is 0.532 e. The van der Waals surface area contributed by atoms with Crippen molar-refractivity contribution in [3.8, 4) is 11.8 Å². The molecule has 4 N–H and O–H groups in total. The van der Waals surface area contributed by atoms with Crippen LogP contribution in [-0.4, -0.2) is 27.8 Å². The molecule has 2 aromatic rings. The third kappa shape index (κ3) is 3.79. The van der Waals surface area contributed by atoms with Crippen molar-refractivity contribution >= 4 is 30.1 Å². The van der Waals surface area contributed by atoms with Crippen molar-refractivity contribution in [3.05, 3.63) is 41.0 Å². The zero-order valence-corrected chi connectivity index (χ0v) is 17.8. The lowest BCUT2D eigenvalue weighted by molar-refractivity contribution is 0.100. The maximum Gasteiger partial charge on any atom is 0.556 e. The Morgan fingerprint density at radius 3 is 2.90 bits per heavy atom. The van der Waals surface area contributed by atoms with Crippen molar-refractivity contribution in [2.24, 2.45) is 11.7 Å². The number of aromatic nitrogens is 2. The zero-order valence-electron chi connectivity index (χ0n) is 17.8. The van der Waals surface area contributed by atoms with Crippen LogP contribution in [-0.2, 0) is 0 Å². The predicted octanol–water partition coefficient (Wildman–Crippen LogP) is 3.58.